The molecule has 0 spiro atoms. The molecule has 0 aliphatic carbocycles. The quantitative estimate of drug-likeness (QED) is 0.821. The minimum absolute atomic E-state index is 0.0296. The van der Waals surface area contributed by atoms with E-state index in [9.17, 15) is 13.2 Å². The molecule has 130 valence electrons. The molecule has 1 heterocycles. The van der Waals surface area contributed by atoms with Crippen LogP contribution in [0.5, 0.6) is 5.75 Å². The normalized spacial score (nSPS) is 11.4. The van der Waals surface area contributed by atoms with Crippen LogP contribution in [0.15, 0.2) is 40.6 Å². The smallest absolute Gasteiger partial charge is 0.348 e. The minimum atomic E-state index is -3.83. The standard InChI is InChI=1S/C16H20N2O4S2/c1-11(2)17-16(19)18(4)13-6-8-14(9-7-13)22-24(20,21)15-10-5-12(3)23-15/h5-11H,1-4H3,(H,17,19). The lowest BCUT2D eigenvalue weighted by Gasteiger charge is -2.20. The summed E-state index contributed by atoms with van der Waals surface area (Å²) in [5.41, 5.74) is 0.630. The molecule has 0 radical (unpaired) electrons. The third-order valence-electron chi connectivity index (χ3n) is 3.11. The van der Waals surface area contributed by atoms with E-state index in [4.69, 9.17) is 4.18 Å². The Bertz CT molecular complexity index is 811. The summed E-state index contributed by atoms with van der Waals surface area (Å²) in [6.45, 7) is 5.58. The highest BCUT2D eigenvalue weighted by Gasteiger charge is 2.19. The highest BCUT2D eigenvalue weighted by Crippen LogP contribution is 2.26. The number of nitrogens with one attached hydrogen (secondary N) is 1. The summed E-state index contributed by atoms with van der Waals surface area (Å²) in [5.74, 6) is 0.197. The Morgan fingerprint density at radius 3 is 2.29 bits per heavy atom. The third kappa shape index (κ3) is 4.48. The first kappa shape index (κ1) is 18.3. The van der Waals surface area contributed by atoms with Crippen molar-refractivity contribution in [2.24, 2.45) is 0 Å². The van der Waals surface area contributed by atoms with Crippen LogP contribution in [0.4, 0.5) is 10.5 Å². The van der Waals surface area contributed by atoms with Gasteiger partial charge < -0.3 is 9.50 Å². The molecule has 0 atom stereocenters. The first-order chi connectivity index (χ1) is 11.2. The lowest BCUT2D eigenvalue weighted by Crippen LogP contribution is -2.40. The van der Waals surface area contributed by atoms with Gasteiger partial charge in [0.15, 0.2) is 4.21 Å². The van der Waals surface area contributed by atoms with Gasteiger partial charge in [0.05, 0.1) is 0 Å². The number of thiophene rings is 1. The third-order valence-corrected chi connectivity index (χ3v) is 5.81. The lowest BCUT2D eigenvalue weighted by atomic mass is 10.3. The molecular weight excluding hydrogens is 348 g/mol. The lowest BCUT2D eigenvalue weighted by molar-refractivity contribution is 0.245. The van der Waals surface area contributed by atoms with Crippen molar-refractivity contribution in [3.63, 3.8) is 0 Å². The van der Waals surface area contributed by atoms with Gasteiger partial charge in [-0.1, -0.05) is 0 Å². The number of anilines is 1. The summed E-state index contributed by atoms with van der Waals surface area (Å²) in [7, 11) is -2.19. The van der Waals surface area contributed by atoms with Crippen LogP contribution in [0.1, 0.15) is 18.7 Å². The van der Waals surface area contributed by atoms with E-state index in [1.165, 1.54) is 23.1 Å². The molecule has 0 saturated heterocycles. The van der Waals surface area contributed by atoms with E-state index in [2.05, 4.69) is 5.32 Å². The average Bonchev–Trinajstić information content (AvgIpc) is 2.94. The Labute approximate surface area is 146 Å². The zero-order valence-corrected chi connectivity index (χ0v) is 15.6. The number of hydrogen-bond acceptors (Lipinski definition) is 5. The molecule has 2 aromatic rings. The van der Waals surface area contributed by atoms with Crippen molar-refractivity contribution >= 4 is 33.2 Å². The molecule has 0 unspecified atom stereocenters. The van der Waals surface area contributed by atoms with Gasteiger partial charge >= 0.3 is 16.1 Å². The number of amides is 2. The first-order valence-electron chi connectivity index (χ1n) is 7.34. The van der Waals surface area contributed by atoms with Crippen LogP contribution in [0.3, 0.4) is 0 Å². The van der Waals surface area contributed by atoms with Gasteiger partial charge in [0.2, 0.25) is 0 Å². The number of aryl methyl sites for hydroxylation is 1. The fraction of sp³-hybridized carbons (Fsp3) is 0.312. The van der Waals surface area contributed by atoms with Crippen molar-refractivity contribution in [3.8, 4) is 5.75 Å². The molecule has 0 bridgehead atoms. The van der Waals surface area contributed by atoms with Crippen molar-refractivity contribution in [1.29, 1.82) is 0 Å². The van der Waals surface area contributed by atoms with Gasteiger partial charge in [0.1, 0.15) is 5.75 Å². The van der Waals surface area contributed by atoms with Crippen molar-refractivity contribution < 1.29 is 17.4 Å². The van der Waals surface area contributed by atoms with E-state index >= 15 is 0 Å². The summed E-state index contributed by atoms with van der Waals surface area (Å²) < 4.78 is 29.6. The highest BCUT2D eigenvalue weighted by atomic mass is 32.3. The van der Waals surface area contributed by atoms with Gasteiger partial charge in [-0.2, -0.15) is 8.42 Å². The van der Waals surface area contributed by atoms with Crippen LogP contribution >= 0.6 is 11.3 Å². The van der Waals surface area contributed by atoms with Crippen molar-refractivity contribution in [2.45, 2.75) is 31.0 Å². The van der Waals surface area contributed by atoms with E-state index in [1.807, 2.05) is 20.8 Å². The van der Waals surface area contributed by atoms with Crippen LogP contribution in [-0.2, 0) is 10.1 Å². The van der Waals surface area contributed by atoms with Crippen molar-refractivity contribution in [3.05, 3.63) is 41.3 Å². The predicted molar refractivity (Wildman–Crippen MR) is 95.4 cm³/mol. The molecule has 0 aliphatic rings. The van der Waals surface area contributed by atoms with Gasteiger partial charge in [-0.25, -0.2) is 4.79 Å². The predicted octanol–water partition coefficient (Wildman–Crippen LogP) is 3.38. The van der Waals surface area contributed by atoms with Crippen LogP contribution < -0.4 is 14.4 Å². The summed E-state index contributed by atoms with van der Waals surface area (Å²) in [6.07, 6.45) is 0. The monoisotopic (exact) mass is 368 g/mol. The molecular formula is C16H20N2O4S2. The van der Waals surface area contributed by atoms with E-state index in [1.54, 1.807) is 25.2 Å². The van der Waals surface area contributed by atoms with E-state index in [0.29, 0.717) is 5.69 Å². The maximum Gasteiger partial charge on any atom is 0.348 e. The molecule has 2 amide bonds. The summed E-state index contributed by atoms with van der Waals surface area (Å²) in [4.78, 5) is 14.3. The van der Waals surface area contributed by atoms with Crippen LogP contribution in [0, 0.1) is 6.92 Å². The number of benzene rings is 1. The minimum Gasteiger partial charge on any atom is -0.378 e. The number of nitrogens with zero attached hydrogens (tertiary/aromatic N) is 1. The first-order valence-corrected chi connectivity index (χ1v) is 9.57. The number of urea groups is 1. The molecule has 24 heavy (non-hydrogen) atoms. The fourth-order valence-electron chi connectivity index (χ4n) is 1.90. The molecule has 0 aliphatic heterocycles. The maximum atomic E-state index is 12.2. The summed E-state index contributed by atoms with van der Waals surface area (Å²) >= 11 is 1.16. The number of hydrogen-bond donors (Lipinski definition) is 1. The number of carbonyl (C=O) groups is 1. The van der Waals surface area contributed by atoms with Gasteiger partial charge in [0.25, 0.3) is 0 Å². The van der Waals surface area contributed by atoms with Gasteiger partial charge in [-0.15, -0.1) is 11.3 Å². The molecule has 8 heteroatoms. The van der Waals surface area contributed by atoms with Crippen LogP contribution in [-0.4, -0.2) is 27.5 Å². The van der Waals surface area contributed by atoms with Crippen molar-refractivity contribution in [2.75, 3.05) is 11.9 Å². The highest BCUT2D eigenvalue weighted by molar-refractivity contribution is 7.89. The molecule has 1 N–H and O–H groups in total. The van der Waals surface area contributed by atoms with Crippen LogP contribution in [0.25, 0.3) is 0 Å². The molecule has 0 saturated carbocycles. The molecule has 1 aromatic heterocycles. The van der Waals surface area contributed by atoms with Gasteiger partial charge in [-0.3, -0.25) is 4.90 Å². The second-order valence-electron chi connectivity index (χ2n) is 5.56. The number of carbonyl (C=O) groups excluding carboxylic acids is 1. The summed E-state index contributed by atoms with van der Waals surface area (Å²) in [6, 6.07) is 9.34. The molecule has 0 fully saturated rings. The Hall–Kier alpha value is -2.06. The second-order valence-corrected chi connectivity index (χ2v) is 8.62. The Morgan fingerprint density at radius 1 is 1.17 bits per heavy atom. The Balaban J connectivity index is 2.11. The average molecular weight is 368 g/mol. The zero-order chi connectivity index (χ0) is 17.9. The van der Waals surface area contributed by atoms with Gasteiger partial charge in [-0.05, 0) is 57.2 Å². The second kappa shape index (κ2) is 7.23. The number of rotatable bonds is 5. The van der Waals surface area contributed by atoms with Crippen molar-refractivity contribution in [1.82, 2.24) is 5.32 Å². The molecule has 6 nitrogen and oxygen atoms in total. The Morgan fingerprint density at radius 2 is 1.79 bits per heavy atom. The fourth-order valence-corrected chi connectivity index (χ4v) is 4.08. The zero-order valence-electron chi connectivity index (χ0n) is 13.9. The molecule has 2 rings (SSSR count). The van der Waals surface area contributed by atoms with E-state index in [0.717, 1.165) is 16.2 Å². The van der Waals surface area contributed by atoms with E-state index in [-0.39, 0.29) is 22.0 Å². The van der Waals surface area contributed by atoms with E-state index < -0.39 is 10.1 Å². The largest absolute Gasteiger partial charge is 0.378 e. The summed E-state index contributed by atoms with van der Waals surface area (Å²) in [5, 5.41) is 2.78. The molecule has 1 aromatic carbocycles. The Kier molecular flexibility index (Phi) is 5.51. The van der Waals surface area contributed by atoms with Crippen LogP contribution in [0.2, 0.25) is 0 Å². The topological polar surface area (TPSA) is 75.7 Å². The SMILES string of the molecule is Cc1ccc(S(=O)(=O)Oc2ccc(N(C)C(=O)NC(C)C)cc2)s1. The van der Waals surface area contributed by atoms with Gasteiger partial charge in [0, 0.05) is 23.7 Å². The maximum absolute atomic E-state index is 12.2.